The number of aliphatic hydroxyl groups excluding tert-OH is 1. The summed E-state index contributed by atoms with van der Waals surface area (Å²) in [5.41, 5.74) is 0.0630. The second kappa shape index (κ2) is 7.17. The third-order valence-corrected chi connectivity index (χ3v) is 8.03. The third kappa shape index (κ3) is 3.12. The summed E-state index contributed by atoms with van der Waals surface area (Å²) in [6.45, 7) is 6.88. The van der Waals surface area contributed by atoms with Crippen LogP contribution in [-0.4, -0.2) is 92.6 Å². The molecule has 4 aliphatic rings. The van der Waals surface area contributed by atoms with E-state index in [-0.39, 0.29) is 47.1 Å². The number of aliphatic hydroxyl groups is 1. The molecule has 3 saturated heterocycles. The first-order valence-electron chi connectivity index (χ1n) is 10.0. The Morgan fingerprint density at radius 1 is 1.28 bits per heavy atom. The van der Waals surface area contributed by atoms with Crippen LogP contribution in [-0.2, 0) is 9.59 Å². The molecule has 29 heavy (non-hydrogen) atoms. The van der Waals surface area contributed by atoms with Crippen molar-refractivity contribution in [3.05, 3.63) is 10.6 Å². The first-order chi connectivity index (χ1) is 13.6. The predicted octanol–water partition coefficient (Wildman–Crippen LogP) is 0.317. The van der Waals surface area contributed by atoms with Crippen LogP contribution in [0.1, 0.15) is 27.2 Å². The topological polar surface area (TPSA) is 113 Å². The first-order valence-corrected chi connectivity index (χ1v) is 10.9. The lowest BCUT2D eigenvalue weighted by Crippen LogP contribution is -2.63. The van der Waals surface area contributed by atoms with Crippen molar-refractivity contribution in [2.75, 3.05) is 20.1 Å². The number of carboxylic acids is 1. The average Bonchev–Trinajstić information content (AvgIpc) is 3.21. The van der Waals surface area contributed by atoms with Crippen LogP contribution in [0.4, 0.5) is 4.79 Å². The number of carbonyl (C=O) groups is 3. The molecule has 160 valence electrons. The number of thioether (sulfide) groups is 1. The number of rotatable bonds is 5. The molecule has 4 rings (SSSR count). The van der Waals surface area contributed by atoms with Gasteiger partial charge in [-0.05, 0) is 27.3 Å². The summed E-state index contributed by atoms with van der Waals surface area (Å²) in [4.78, 5) is 42.7. The highest BCUT2D eigenvalue weighted by molar-refractivity contribution is 8.03. The van der Waals surface area contributed by atoms with Crippen molar-refractivity contribution in [3.8, 4) is 0 Å². The van der Waals surface area contributed by atoms with Gasteiger partial charge in [-0.3, -0.25) is 9.69 Å². The van der Waals surface area contributed by atoms with Gasteiger partial charge in [0, 0.05) is 35.2 Å². The molecule has 0 saturated carbocycles. The van der Waals surface area contributed by atoms with Crippen LogP contribution in [0.2, 0.25) is 0 Å². The van der Waals surface area contributed by atoms with Gasteiger partial charge in [-0.1, -0.05) is 6.92 Å². The van der Waals surface area contributed by atoms with Crippen molar-refractivity contribution in [3.63, 3.8) is 0 Å². The van der Waals surface area contributed by atoms with Crippen LogP contribution in [0.3, 0.4) is 0 Å². The number of carbonyl (C=O) groups excluding carboxylic acids is 2. The zero-order valence-electron chi connectivity index (χ0n) is 17.0. The van der Waals surface area contributed by atoms with Crippen LogP contribution >= 0.6 is 11.8 Å². The molecular weight excluding hydrogens is 396 g/mol. The number of hydrogen-bond acceptors (Lipinski definition) is 6. The summed E-state index contributed by atoms with van der Waals surface area (Å²) < 4.78 is 0. The molecule has 0 aliphatic carbocycles. The average molecular weight is 425 g/mol. The van der Waals surface area contributed by atoms with Gasteiger partial charge in [0.2, 0.25) is 5.91 Å². The Morgan fingerprint density at radius 2 is 1.97 bits per heavy atom. The van der Waals surface area contributed by atoms with Crippen molar-refractivity contribution in [2.45, 2.75) is 56.8 Å². The summed E-state index contributed by atoms with van der Waals surface area (Å²) in [7, 11) is 1.98. The standard InChI is InChI=1S/C19H28N4O5S/c1-8-6-22(19(28)20-8)12-5-11(7-21(12)4)29-16-9(2)14-13(10(3)24)17(25)23(14)15(16)18(26)27/h8-14,24H,5-7H2,1-4H3,(H,20,28)(H,26,27)/t8-,9+,10+,11-,12-,13+,14+/m0/s1. The number of aliphatic carboxylic acids is 1. The fourth-order valence-corrected chi connectivity index (χ4v) is 6.80. The molecule has 0 bridgehead atoms. The van der Waals surface area contributed by atoms with Crippen molar-refractivity contribution in [1.29, 1.82) is 0 Å². The fraction of sp³-hybridized carbons (Fsp3) is 0.737. The number of β-lactam (4-membered cyclic amide) rings is 1. The first kappa shape index (κ1) is 20.5. The molecule has 4 heterocycles. The van der Waals surface area contributed by atoms with E-state index >= 15 is 0 Å². The molecule has 0 aromatic carbocycles. The highest BCUT2D eigenvalue weighted by Gasteiger charge is 2.60. The molecule has 4 aliphatic heterocycles. The lowest BCUT2D eigenvalue weighted by Gasteiger charge is -2.46. The lowest BCUT2D eigenvalue weighted by molar-refractivity contribution is -0.163. The minimum Gasteiger partial charge on any atom is -0.477 e. The summed E-state index contributed by atoms with van der Waals surface area (Å²) in [5, 5.41) is 22.8. The molecule has 3 fully saturated rings. The van der Waals surface area contributed by atoms with Gasteiger partial charge in [0.25, 0.3) is 0 Å². The van der Waals surface area contributed by atoms with E-state index in [4.69, 9.17) is 0 Å². The molecule has 3 N–H and O–H groups in total. The highest BCUT2D eigenvalue weighted by Crippen LogP contribution is 2.52. The molecule has 0 aromatic heterocycles. The van der Waals surface area contributed by atoms with Crippen molar-refractivity contribution in [2.24, 2.45) is 11.8 Å². The number of amides is 3. The molecule has 0 unspecified atom stereocenters. The maximum absolute atomic E-state index is 12.5. The number of likely N-dealkylation sites (tertiary alicyclic amines) is 1. The normalized spacial score (nSPS) is 38.4. The van der Waals surface area contributed by atoms with Crippen molar-refractivity contribution in [1.82, 2.24) is 20.0 Å². The van der Waals surface area contributed by atoms with E-state index in [0.29, 0.717) is 11.4 Å². The monoisotopic (exact) mass is 424 g/mol. The summed E-state index contributed by atoms with van der Waals surface area (Å²) in [6, 6.07) is -0.240. The number of nitrogens with zero attached hydrogens (tertiary/aromatic N) is 3. The predicted molar refractivity (Wildman–Crippen MR) is 107 cm³/mol. The smallest absolute Gasteiger partial charge is 0.353 e. The Bertz CT molecular complexity index is 787. The number of hydrogen-bond donors (Lipinski definition) is 3. The van der Waals surface area contributed by atoms with Crippen LogP contribution < -0.4 is 5.32 Å². The van der Waals surface area contributed by atoms with Crippen LogP contribution in [0.15, 0.2) is 10.6 Å². The van der Waals surface area contributed by atoms with Crippen molar-refractivity contribution < 1.29 is 24.6 Å². The minimum absolute atomic E-state index is 0.0214. The second-order valence-corrected chi connectivity index (χ2v) is 10.0. The molecule has 3 amide bonds. The van der Waals surface area contributed by atoms with E-state index in [2.05, 4.69) is 10.2 Å². The van der Waals surface area contributed by atoms with Gasteiger partial charge in [-0.15, -0.1) is 11.8 Å². The minimum atomic E-state index is -1.10. The van der Waals surface area contributed by atoms with E-state index < -0.39 is 18.0 Å². The fourth-order valence-electron chi connectivity index (χ4n) is 5.22. The van der Waals surface area contributed by atoms with Gasteiger partial charge in [-0.2, -0.15) is 0 Å². The molecule has 9 nitrogen and oxygen atoms in total. The zero-order chi connectivity index (χ0) is 21.2. The molecular formula is C19H28N4O5S. The Kier molecular flexibility index (Phi) is 5.07. The Balaban J connectivity index is 1.52. The van der Waals surface area contributed by atoms with Gasteiger partial charge in [0.1, 0.15) is 5.70 Å². The van der Waals surface area contributed by atoms with Gasteiger partial charge >= 0.3 is 12.0 Å². The van der Waals surface area contributed by atoms with E-state index in [9.17, 15) is 24.6 Å². The quantitative estimate of drug-likeness (QED) is 0.545. The molecule has 0 spiro atoms. The number of fused-ring (bicyclic) bond motifs is 1. The number of nitrogens with one attached hydrogen (secondary N) is 1. The molecule has 10 heteroatoms. The number of urea groups is 1. The molecule has 0 radical (unpaired) electrons. The maximum atomic E-state index is 12.5. The van der Waals surface area contributed by atoms with Crippen LogP contribution in [0.5, 0.6) is 0 Å². The Hall–Kier alpha value is -1.78. The van der Waals surface area contributed by atoms with Gasteiger partial charge in [-0.25, -0.2) is 9.59 Å². The summed E-state index contributed by atoms with van der Waals surface area (Å²) >= 11 is 1.51. The largest absolute Gasteiger partial charge is 0.477 e. The van der Waals surface area contributed by atoms with E-state index in [1.165, 1.54) is 16.7 Å². The lowest BCUT2D eigenvalue weighted by atomic mass is 9.79. The second-order valence-electron chi connectivity index (χ2n) is 8.67. The van der Waals surface area contributed by atoms with Crippen molar-refractivity contribution >= 4 is 29.7 Å². The van der Waals surface area contributed by atoms with E-state index in [1.807, 2.05) is 25.8 Å². The molecule has 0 aromatic rings. The maximum Gasteiger partial charge on any atom is 0.353 e. The number of carboxylic acid groups (broad SMARTS) is 1. The third-order valence-electron chi connectivity index (χ3n) is 6.54. The Morgan fingerprint density at radius 3 is 2.52 bits per heavy atom. The zero-order valence-corrected chi connectivity index (χ0v) is 17.8. The van der Waals surface area contributed by atoms with Crippen LogP contribution in [0.25, 0.3) is 0 Å². The summed E-state index contributed by atoms with van der Waals surface area (Å²) in [5.74, 6) is -2.10. The Labute approximate surface area is 174 Å². The highest BCUT2D eigenvalue weighted by atomic mass is 32.2. The van der Waals surface area contributed by atoms with Gasteiger partial charge < -0.3 is 25.3 Å². The van der Waals surface area contributed by atoms with Crippen LogP contribution in [0, 0.1) is 11.8 Å². The van der Waals surface area contributed by atoms with E-state index in [1.54, 1.807) is 6.92 Å². The van der Waals surface area contributed by atoms with Gasteiger partial charge in [0.05, 0.1) is 24.2 Å². The molecule has 7 atom stereocenters. The SMILES string of the molecule is C[C@H]1CN([C@H]2C[C@H](SC3=C(C(=O)O)N4C(=O)[C@H]([C@@H](C)O)[C@H]4[C@H]3C)CN2C)C(=O)N1. The summed E-state index contributed by atoms with van der Waals surface area (Å²) in [6.07, 6.45) is -0.0850. The van der Waals surface area contributed by atoms with E-state index in [0.717, 1.165) is 13.0 Å². The van der Waals surface area contributed by atoms with Gasteiger partial charge in [0.15, 0.2) is 0 Å².